The van der Waals surface area contributed by atoms with Crippen LogP contribution in [0.4, 0.5) is 0 Å². The summed E-state index contributed by atoms with van der Waals surface area (Å²) in [5, 5.41) is 0. The number of hydrogen-bond acceptors (Lipinski definition) is 5. The molecule has 0 radical (unpaired) electrons. The maximum atomic E-state index is 13.6. The number of Topliss-reactive ketones (excluding diaryl/α,β-unsaturated/α-hetero) is 1. The monoisotopic (exact) mass is 468 g/mol. The first-order valence-corrected chi connectivity index (χ1v) is 12.1. The third-order valence-corrected chi connectivity index (χ3v) is 7.22. The van der Waals surface area contributed by atoms with Crippen molar-refractivity contribution in [3.63, 3.8) is 0 Å². The van der Waals surface area contributed by atoms with Gasteiger partial charge in [-0.05, 0) is 43.3 Å². The Bertz CT molecular complexity index is 1590. The molecule has 0 atom stereocenters. The fourth-order valence-corrected chi connectivity index (χ4v) is 5.05. The average molecular weight is 469 g/mol. The van der Waals surface area contributed by atoms with Crippen molar-refractivity contribution < 1.29 is 17.6 Å². The van der Waals surface area contributed by atoms with Gasteiger partial charge in [0.25, 0.3) is 0 Å². The SMILES string of the molecule is CC(=O)c1ccc(-c2ccc(C=C(c3nc4ccccc4[nH]3)S(=O)(=O)c3ccccc3)o2)cc1. The number of ketones is 1. The molecule has 1 N–H and O–H groups in total. The largest absolute Gasteiger partial charge is 0.457 e. The van der Waals surface area contributed by atoms with Crippen molar-refractivity contribution in [3.8, 4) is 11.3 Å². The molecular formula is C27H20N2O4S. The van der Waals surface area contributed by atoms with E-state index in [1.54, 1.807) is 66.7 Å². The molecule has 6 nitrogen and oxygen atoms in total. The standard InChI is InChI=1S/C27H20N2O4S/c1-18(30)19-11-13-20(14-12-19)25-16-15-21(33-25)17-26(34(31,32)22-7-3-2-4-8-22)27-28-23-9-5-6-10-24(23)29-27/h2-17H,1H3,(H,28,29). The van der Waals surface area contributed by atoms with Crippen LogP contribution in [0.3, 0.4) is 0 Å². The van der Waals surface area contributed by atoms with Gasteiger partial charge >= 0.3 is 0 Å². The van der Waals surface area contributed by atoms with Gasteiger partial charge in [0.05, 0.1) is 15.9 Å². The first-order chi connectivity index (χ1) is 16.4. The lowest BCUT2D eigenvalue weighted by Crippen LogP contribution is -2.05. The highest BCUT2D eigenvalue weighted by atomic mass is 32.2. The molecule has 0 saturated carbocycles. The number of rotatable bonds is 6. The summed E-state index contributed by atoms with van der Waals surface area (Å²) in [6, 6.07) is 26.1. The van der Waals surface area contributed by atoms with Gasteiger partial charge in [0, 0.05) is 17.2 Å². The van der Waals surface area contributed by atoms with Crippen molar-refractivity contribution >= 4 is 37.6 Å². The van der Waals surface area contributed by atoms with E-state index in [0.717, 1.165) is 11.1 Å². The molecule has 7 heteroatoms. The van der Waals surface area contributed by atoms with E-state index in [2.05, 4.69) is 9.97 Å². The highest BCUT2D eigenvalue weighted by Crippen LogP contribution is 2.31. The van der Waals surface area contributed by atoms with Gasteiger partial charge in [-0.15, -0.1) is 0 Å². The number of para-hydroxylation sites is 2. The molecule has 34 heavy (non-hydrogen) atoms. The summed E-state index contributed by atoms with van der Waals surface area (Å²) in [4.78, 5) is 19.3. The van der Waals surface area contributed by atoms with Crippen LogP contribution in [0, 0.1) is 0 Å². The van der Waals surface area contributed by atoms with E-state index >= 15 is 0 Å². The molecule has 0 aliphatic rings. The van der Waals surface area contributed by atoms with Gasteiger partial charge in [-0.2, -0.15) is 0 Å². The summed E-state index contributed by atoms with van der Waals surface area (Å²) < 4.78 is 33.1. The van der Waals surface area contributed by atoms with E-state index in [1.165, 1.54) is 13.0 Å². The number of aromatic amines is 1. The van der Waals surface area contributed by atoms with Gasteiger partial charge in [0.15, 0.2) is 11.6 Å². The molecule has 5 rings (SSSR count). The van der Waals surface area contributed by atoms with Crippen molar-refractivity contribution in [2.45, 2.75) is 11.8 Å². The van der Waals surface area contributed by atoms with E-state index in [0.29, 0.717) is 22.6 Å². The Labute approximate surface area is 196 Å². The van der Waals surface area contributed by atoms with E-state index in [4.69, 9.17) is 4.42 Å². The lowest BCUT2D eigenvalue weighted by Gasteiger charge is -2.07. The normalized spacial score (nSPS) is 12.2. The second kappa shape index (κ2) is 8.61. The minimum Gasteiger partial charge on any atom is -0.457 e. The third kappa shape index (κ3) is 4.09. The Kier molecular flexibility index (Phi) is 5.47. The van der Waals surface area contributed by atoms with E-state index in [-0.39, 0.29) is 21.4 Å². The summed E-state index contributed by atoms with van der Waals surface area (Å²) in [5.74, 6) is 1.13. The zero-order chi connectivity index (χ0) is 23.7. The molecule has 0 fully saturated rings. The topological polar surface area (TPSA) is 93.0 Å². The lowest BCUT2D eigenvalue weighted by molar-refractivity contribution is 0.101. The molecule has 0 unspecified atom stereocenters. The Morgan fingerprint density at radius 1 is 0.882 bits per heavy atom. The molecule has 0 bridgehead atoms. The lowest BCUT2D eigenvalue weighted by atomic mass is 10.1. The third-order valence-electron chi connectivity index (χ3n) is 5.44. The summed E-state index contributed by atoms with van der Waals surface area (Å²) in [5.41, 5.74) is 2.78. The van der Waals surface area contributed by atoms with Crippen molar-refractivity contribution in [1.29, 1.82) is 0 Å². The predicted octanol–water partition coefficient (Wildman–Crippen LogP) is 6.00. The highest BCUT2D eigenvalue weighted by Gasteiger charge is 2.25. The van der Waals surface area contributed by atoms with E-state index < -0.39 is 9.84 Å². The molecule has 168 valence electrons. The van der Waals surface area contributed by atoms with Crippen LogP contribution < -0.4 is 0 Å². The summed E-state index contributed by atoms with van der Waals surface area (Å²) >= 11 is 0. The number of fused-ring (bicyclic) bond motifs is 1. The second-order valence-electron chi connectivity index (χ2n) is 7.76. The molecular weight excluding hydrogens is 448 g/mol. The number of nitrogens with one attached hydrogen (secondary N) is 1. The molecule has 0 spiro atoms. The van der Waals surface area contributed by atoms with Gasteiger partial charge < -0.3 is 9.40 Å². The Hall–Kier alpha value is -4.23. The number of carbonyl (C=O) groups excluding carboxylic acids is 1. The minimum absolute atomic E-state index is 0.00253. The molecule has 0 saturated heterocycles. The van der Waals surface area contributed by atoms with Crippen molar-refractivity contribution in [2.75, 3.05) is 0 Å². The maximum Gasteiger partial charge on any atom is 0.210 e. The maximum absolute atomic E-state index is 13.6. The van der Waals surface area contributed by atoms with Crippen molar-refractivity contribution in [1.82, 2.24) is 9.97 Å². The number of aromatic nitrogens is 2. The van der Waals surface area contributed by atoms with Crippen LogP contribution in [0.25, 0.3) is 33.3 Å². The molecule has 0 aliphatic heterocycles. The van der Waals surface area contributed by atoms with Crippen LogP contribution in [-0.4, -0.2) is 24.2 Å². The number of nitrogens with zero attached hydrogens (tertiary/aromatic N) is 1. The fraction of sp³-hybridized carbons (Fsp3) is 0.0370. The Morgan fingerprint density at radius 3 is 2.29 bits per heavy atom. The molecule has 2 heterocycles. The predicted molar refractivity (Wildman–Crippen MR) is 132 cm³/mol. The van der Waals surface area contributed by atoms with Gasteiger partial charge in [0.1, 0.15) is 16.4 Å². The second-order valence-corrected chi connectivity index (χ2v) is 9.68. The first-order valence-electron chi connectivity index (χ1n) is 10.6. The average Bonchev–Trinajstić information content (AvgIpc) is 3.50. The first kappa shape index (κ1) is 21.6. The van der Waals surface area contributed by atoms with Gasteiger partial charge in [-0.3, -0.25) is 4.79 Å². The van der Waals surface area contributed by atoms with Crippen molar-refractivity contribution in [2.24, 2.45) is 0 Å². The number of benzene rings is 3. The molecule has 2 aromatic heterocycles. The van der Waals surface area contributed by atoms with E-state index in [9.17, 15) is 13.2 Å². The Morgan fingerprint density at radius 2 is 1.59 bits per heavy atom. The van der Waals surface area contributed by atoms with Crippen LogP contribution in [0.2, 0.25) is 0 Å². The number of furan rings is 1. The number of imidazole rings is 1. The number of carbonyl (C=O) groups is 1. The Balaban J connectivity index is 1.61. The molecule has 0 aliphatic carbocycles. The van der Waals surface area contributed by atoms with Crippen LogP contribution in [0.1, 0.15) is 28.9 Å². The van der Waals surface area contributed by atoms with Gasteiger partial charge in [-0.1, -0.05) is 54.6 Å². The van der Waals surface area contributed by atoms with E-state index in [1.807, 2.05) is 24.3 Å². The smallest absolute Gasteiger partial charge is 0.210 e. The summed E-state index contributed by atoms with van der Waals surface area (Å²) in [7, 11) is -3.90. The quantitative estimate of drug-likeness (QED) is 0.309. The van der Waals surface area contributed by atoms with Gasteiger partial charge in [0.2, 0.25) is 9.84 Å². The fourth-order valence-electron chi connectivity index (χ4n) is 3.65. The number of hydrogen-bond donors (Lipinski definition) is 1. The minimum atomic E-state index is -3.90. The van der Waals surface area contributed by atoms with Crippen molar-refractivity contribution in [3.05, 3.63) is 108 Å². The van der Waals surface area contributed by atoms with Crippen LogP contribution in [-0.2, 0) is 9.84 Å². The molecule has 3 aromatic carbocycles. The zero-order valence-electron chi connectivity index (χ0n) is 18.2. The van der Waals surface area contributed by atoms with Crippen LogP contribution >= 0.6 is 0 Å². The van der Waals surface area contributed by atoms with Crippen LogP contribution in [0.15, 0.2) is 100 Å². The summed E-state index contributed by atoms with van der Waals surface area (Å²) in [6.45, 7) is 1.51. The molecule has 5 aromatic rings. The molecule has 0 amide bonds. The van der Waals surface area contributed by atoms with Gasteiger partial charge in [-0.25, -0.2) is 13.4 Å². The highest BCUT2D eigenvalue weighted by molar-refractivity contribution is 8.00. The summed E-state index contributed by atoms with van der Waals surface area (Å²) in [6.07, 6.45) is 1.48. The van der Waals surface area contributed by atoms with Crippen LogP contribution in [0.5, 0.6) is 0 Å². The zero-order valence-corrected chi connectivity index (χ0v) is 19.0. The number of sulfone groups is 1. The number of H-pyrrole nitrogens is 1.